The fourth-order valence-electron chi connectivity index (χ4n) is 2.35. The molecule has 1 aromatic rings. The van der Waals surface area contributed by atoms with Crippen molar-refractivity contribution in [3.05, 3.63) is 22.7 Å². The molecular formula is C12H18FN7O. The Bertz CT molecular complexity index is 532. The third kappa shape index (κ3) is 3.93. The molecule has 0 aromatic carbocycles. The van der Waals surface area contributed by atoms with Crippen molar-refractivity contribution in [2.45, 2.75) is 25.1 Å². The monoisotopic (exact) mass is 295 g/mol. The minimum Gasteiger partial charge on any atom is -0.384 e. The molecule has 0 unspecified atom stereocenters. The van der Waals surface area contributed by atoms with Crippen molar-refractivity contribution in [2.24, 2.45) is 5.11 Å². The lowest BCUT2D eigenvalue weighted by Gasteiger charge is -2.40. The number of halogens is 1. The summed E-state index contributed by atoms with van der Waals surface area (Å²) in [6.45, 7) is 2.61. The number of aromatic nitrogens is 2. The van der Waals surface area contributed by atoms with Crippen LogP contribution in [-0.2, 0) is 4.74 Å². The van der Waals surface area contributed by atoms with Gasteiger partial charge in [0, 0.05) is 24.2 Å². The molecule has 8 nitrogen and oxygen atoms in total. The molecule has 2 N–H and O–H groups in total. The molecule has 0 radical (unpaired) electrons. The quantitative estimate of drug-likeness (QED) is 0.384. The molecular weight excluding hydrogens is 277 g/mol. The van der Waals surface area contributed by atoms with E-state index in [1.807, 2.05) is 0 Å². The summed E-state index contributed by atoms with van der Waals surface area (Å²) in [6.07, 6.45) is 1.51. The normalized spacial score (nSPS) is 25.4. The fourth-order valence-corrected chi connectivity index (χ4v) is 2.35. The molecule has 2 rings (SSSR count). The van der Waals surface area contributed by atoms with Gasteiger partial charge >= 0.3 is 0 Å². The highest BCUT2D eigenvalue weighted by Crippen LogP contribution is 2.29. The van der Waals surface area contributed by atoms with Gasteiger partial charge in [0.1, 0.15) is 5.82 Å². The molecule has 0 bridgehead atoms. The molecule has 1 fully saturated rings. The number of nitrogen functional groups attached to an aromatic ring is 1. The van der Waals surface area contributed by atoms with Gasteiger partial charge in [-0.25, -0.2) is 9.37 Å². The number of nitrogens with two attached hydrogens (primary N) is 1. The molecule has 9 heteroatoms. The van der Waals surface area contributed by atoms with Gasteiger partial charge in [0.15, 0.2) is 5.67 Å². The zero-order valence-electron chi connectivity index (χ0n) is 11.8. The largest absolute Gasteiger partial charge is 0.384 e. The second kappa shape index (κ2) is 6.55. The number of azide groups is 1. The molecule has 1 aliphatic heterocycles. The van der Waals surface area contributed by atoms with Gasteiger partial charge in [0.05, 0.1) is 19.3 Å². The number of ether oxygens (including phenoxy) is 1. The van der Waals surface area contributed by atoms with Crippen LogP contribution >= 0.6 is 0 Å². The smallest absolute Gasteiger partial charge is 0.227 e. The molecule has 1 aliphatic rings. The Morgan fingerprint density at radius 1 is 1.71 bits per heavy atom. The first-order valence-electron chi connectivity index (χ1n) is 6.68. The van der Waals surface area contributed by atoms with Gasteiger partial charge in [-0.05, 0) is 24.9 Å². The van der Waals surface area contributed by atoms with Gasteiger partial charge in [-0.2, -0.15) is 4.98 Å². The number of rotatable bonds is 5. The first-order valence-corrected chi connectivity index (χ1v) is 6.68. The Kier molecular flexibility index (Phi) is 4.77. The second-order valence-corrected chi connectivity index (χ2v) is 5.08. The van der Waals surface area contributed by atoms with Gasteiger partial charge in [-0.15, -0.1) is 0 Å². The molecule has 0 spiro atoms. The highest BCUT2D eigenvalue weighted by molar-refractivity contribution is 5.38. The van der Waals surface area contributed by atoms with E-state index in [1.54, 1.807) is 17.2 Å². The molecule has 0 saturated carbocycles. The summed E-state index contributed by atoms with van der Waals surface area (Å²) in [4.78, 5) is 12.6. The maximum Gasteiger partial charge on any atom is 0.227 e. The third-order valence-corrected chi connectivity index (χ3v) is 3.35. The van der Waals surface area contributed by atoms with Crippen LogP contribution in [0.15, 0.2) is 17.4 Å². The summed E-state index contributed by atoms with van der Waals surface area (Å²) < 4.78 is 20.2. The summed E-state index contributed by atoms with van der Waals surface area (Å²) >= 11 is 0. The lowest BCUT2D eigenvalue weighted by atomic mass is 9.93. The summed E-state index contributed by atoms with van der Waals surface area (Å²) in [5.41, 5.74) is 12.3. The van der Waals surface area contributed by atoms with Crippen LogP contribution in [0.3, 0.4) is 0 Å². The van der Waals surface area contributed by atoms with E-state index in [9.17, 15) is 4.39 Å². The van der Waals surface area contributed by atoms with E-state index in [0.717, 1.165) is 0 Å². The Hall–Kier alpha value is -2.12. The molecule has 21 heavy (non-hydrogen) atoms. The van der Waals surface area contributed by atoms with Crippen LogP contribution in [0.1, 0.15) is 13.3 Å². The lowest BCUT2D eigenvalue weighted by Crippen LogP contribution is -2.54. The van der Waals surface area contributed by atoms with Crippen molar-refractivity contribution >= 4 is 11.8 Å². The summed E-state index contributed by atoms with van der Waals surface area (Å²) in [5, 5.41) is 3.36. The number of piperidine rings is 1. The first-order chi connectivity index (χ1) is 10.0. The molecule has 1 aromatic heterocycles. The highest BCUT2D eigenvalue weighted by Gasteiger charge is 2.41. The number of hydrogen-bond donors (Lipinski definition) is 1. The van der Waals surface area contributed by atoms with Crippen molar-refractivity contribution in [3.63, 3.8) is 0 Å². The van der Waals surface area contributed by atoms with Crippen LogP contribution in [0.5, 0.6) is 0 Å². The lowest BCUT2D eigenvalue weighted by molar-refractivity contribution is -0.0592. The van der Waals surface area contributed by atoms with Crippen LogP contribution in [0.25, 0.3) is 10.4 Å². The zero-order valence-corrected chi connectivity index (χ0v) is 11.8. The standard InChI is InChI=1S/C12H18FN7O/c1-12(13)8-20(11-16-4-2-10(14)18-11)6-3-9(12)21-7-5-17-19-15/h2,4,9H,3,5-8H2,1H3,(H2,14,16,18)/t9-,12+/m1/s1. The average molecular weight is 295 g/mol. The van der Waals surface area contributed by atoms with E-state index in [-0.39, 0.29) is 19.7 Å². The van der Waals surface area contributed by atoms with E-state index in [1.165, 1.54) is 6.92 Å². The Labute approximate surface area is 121 Å². The summed E-state index contributed by atoms with van der Waals surface area (Å²) in [6, 6.07) is 1.59. The number of nitrogens with zero attached hydrogens (tertiary/aromatic N) is 6. The van der Waals surface area contributed by atoms with Gasteiger partial charge in [-0.1, -0.05) is 5.11 Å². The van der Waals surface area contributed by atoms with E-state index in [4.69, 9.17) is 16.0 Å². The maximum absolute atomic E-state index is 14.7. The van der Waals surface area contributed by atoms with Gasteiger partial charge in [0.25, 0.3) is 0 Å². The predicted molar refractivity (Wildman–Crippen MR) is 76.5 cm³/mol. The molecule has 1 saturated heterocycles. The van der Waals surface area contributed by atoms with Gasteiger partial charge < -0.3 is 15.4 Å². The number of alkyl halides is 1. The van der Waals surface area contributed by atoms with Crippen molar-refractivity contribution in [2.75, 3.05) is 36.9 Å². The highest BCUT2D eigenvalue weighted by atomic mass is 19.1. The van der Waals surface area contributed by atoms with Gasteiger partial charge in [0.2, 0.25) is 5.95 Å². The van der Waals surface area contributed by atoms with Gasteiger partial charge in [-0.3, -0.25) is 0 Å². The van der Waals surface area contributed by atoms with Crippen molar-refractivity contribution < 1.29 is 9.13 Å². The summed E-state index contributed by atoms with van der Waals surface area (Å²) in [7, 11) is 0. The fraction of sp³-hybridized carbons (Fsp3) is 0.667. The van der Waals surface area contributed by atoms with Crippen molar-refractivity contribution in [1.29, 1.82) is 0 Å². The molecule has 2 heterocycles. The van der Waals surface area contributed by atoms with E-state index in [2.05, 4.69) is 20.0 Å². The van der Waals surface area contributed by atoms with Crippen LogP contribution in [-0.4, -0.2) is 48.0 Å². The van der Waals surface area contributed by atoms with E-state index in [0.29, 0.717) is 24.7 Å². The van der Waals surface area contributed by atoms with Crippen molar-refractivity contribution in [1.82, 2.24) is 9.97 Å². The maximum atomic E-state index is 14.7. The Balaban J connectivity index is 1.97. The van der Waals surface area contributed by atoms with Crippen molar-refractivity contribution in [3.8, 4) is 0 Å². The van der Waals surface area contributed by atoms with Crippen LogP contribution in [0.4, 0.5) is 16.2 Å². The van der Waals surface area contributed by atoms with Crippen LogP contribution in [0, 0.1) is 0 Å². The Morgan fingerprint density at radius 2 is 2.52 bits per heavy atom. The molecule has 0 amide bonds. The van der Waals surface area contributed by atoms with E-state index >= 15 is 0 Å². The number of anilines is 2. The van der Waals surface area contributed by atoms with Crippen LogP contribution < -0.4 is 10.6 Å². The molecule has 114 valence electrons. The minimum atomic E-state index is -1.54. The number of hydrogen-bond acceptors (Lipinski definition) is 6. The molecule has 2 atom stereocenters. The second-order valence-electron chi connectivity index (χ2n) is 5.08. The minimum absolute atomic E-state index is 0.128. The third-order valence-electron chi connectivity index (χ3n) is 3.35. The topological polar surface area (TPSA) is 113 Å². The average Bonchev–Trinajstić information content (AvgIpc) is 2.44. The summed E-state index contributed by atoms with van der Waals surface area (Å²) in [5.74, 6) is 0.778. The van der Waals surface area contributed by atoms with Crippen LogP contribution in [0.2, 0.25) is 0 Å². The zero-order chi connectivity index (χ0) is 15.3. The SMILES string of the molecule is C[C@]1(F)CN(c2nccc(N)n2)CC[C@H]1OCCN=[N+]=[N-]. The Morgan fingerprint density at radius 3 is 3.19 bits per heavy atom. The predicted octanol–water partition coefficient (Wildman–Crippen LogP) is 1.69. The molecule has 0 aliphatic carbocycles. The first kappa shape index (κ1) is 15.3. The van der Waals surface area contributed by atoms with E-state index < -0.39 is 11.8 Å².